The molecule has 0 amide bonds. The van der Waals surface area contributed by atoms with E-state index in [0.29, 0.717) is 19.3 Å². The van der Waals surface area contributed by atoms with Crippen molar-refractivity contribution in [1.82, 2.24) is 9.78 Å². The summed E-state index contributed by atoms with van der Waals surface area (Å²) in [6, 6.07) is 0. The number of sulfone groups is 1. The molecule has 21 heavy (non-hydrogen) atoms. The molecule has 1 aliphatic heterocycles. The molecule has 0 radical (unpaired) electrons. The molecule has 1 aromatic heterocycles. The van der Waals surface area contributed by atoms with Gasteiger partial charge in [0.25, 0.3) is 9.05 Å². The van der Waals surface area contributed by atoms with E-state index >= 15 is 0 Å². The van der Waals surface area contributed by atoms with E-state index in [4.69, 9.17) is 22.3 Å². The van der Waals surface area contributed by atoms with Gasteiger partial charge >= 0.3 is 0 Å². The predicted molar refractivity (Wildman–Crippen MR) is 81.2 cm³/mol. The number of nitrogens with zero attached hydrogens (tertiary/aromatic N) is 2. The van der Waals surface area contributed by atoms with Gasteiger partial charge in [0.1, 0.15) is 10.0 Å². The lowest BCUT2D eigenvalue weighted by atomic mass is 10.0. The third-order valence-corrected chi connectivity index (χ3v) is 7.31. The number of hydrogen-bond donors (Lipinski definition) is 0. The Labute approximate surface area is 133 Å². The van der Waals surface area contributed by atoms with Crippen LogP contribution in [0.2, 0.25) is 5.15 Å². The van der Waals surface area contributed by atoms with Crippen LogP contribution in [-0.4, -0.2) is 38.1 Å². The molecule has 0 aromatic carbocycles. The normalized spacial score (nSPS) is 25.3. The van der Waals surface area contributed by atoms with Crippen LogP contribution in [0.25, 0.3) is 0 Å². The van der Waals surface area contributed by atoms with Crippen molar-refractivity contribution < 1.29 is 16.8 Å². The summed E-state index contributed by atoms with van der Waals surface area (Å²) < 4.78 is 48.2. The van der Waals surface area contributed by atoms with Crippen molar-refractivity contribution in [3.63, 3.8) is 0 Å². The number of aryl methyl sites for hydroxylation is 1. The van der Waals surface area contributed by atoms with Crippen LogP contribution in [0.3, 0.4) is 0 Å². The molecule has 2 rings (SSSR count). The van der Waals surface area contributed by atoms with Gasteiger partial charge in [-0.15, -0.1) is 0 Å². The summed E-state index contributed by atoms with van der Waals surface area (Å²) in [5, 5.41) is 4.12. The van der Waals surface area contributed by atoms with E-state index in [2.05, 4.69) is 5.10 Å². The molecular weight excluding hydrogens is 359 g/mol. The van der Waals surface area contributed by atoms with Gasteiger partial charge < -0.3 is 0 Å². The van der Waals surface area contributed by atoms with Crippen molar-refractivity contribution in [2.24, 2.45) is 0 Å². The average molecular weight is 375 g/mol. The van der Waals surface area contributed by atoms with Crippen LogP contribution in [-0.2, 0) is 30.8 Å². The van der Waals surface area contributed by atoms with Crippen molar-refractivity contribution in [2.45, 2.75) is 43.5 Å². The largest absolute Gasteiger partial charge is 0.266 e. The fourth-order valence-electron chi connectivity index (χ4n) is 2.59. The lowest BCUT2D eigenvalue weighted by Crippen LogP contribution is -2.32. The van der Waals surface area contributed by atoms with Gasteiger partial charge in [-0.2, -0.15) is 5.10 Å². The molecule has 1 fully saturated rings. The third-order valence-electron chi connectivity index (χ3n) is 3.58. The summed E-state index contributed by atoms with van der Waals surface area (Å²) in [4.78, 5) is -0.210. The zero-order valence-electron chi connectivity index (χ0n) is 11.6. The van der Waals surface area contributed by atoms with Crippen LogP contribution in [0, 0.1) is 0 Å². The molecule has 0 spiro atoms. The van der Waals surface area contributed by atoms with E-state index < -0.39 is 24.4 Å². The van der Waals surface area contributed by atoms with Gasteiger partial charge in [0.15, 0.2) is 9.84 Å². The molecule has 1 atom stereocenters. The van der Waals surface area contributed by atoms with Gasteiger partial charge in [-0.3, -0.25) is 0 Å². The smallest absolute Gasteiger partial charge is 0.245 e. The molecule has 0 bridgehead atoms. The summed E-state index contributed by atoms with van der Waals surface area (Å²) in [6.45, 7) is 3.58. The fraction of sp³-hybridized carbons (Fsp3) is 0.727. The summed E-state index contributed by atoms with van der Waals surface area (Å²) in [5.41, 5.74) is -0.568. The Morgan fingerprint density at radius 1 is 1.43 bits per heavy atom. The molecule has 2 heterocycles. The van der Waals surface area contributed by atoms with Crippen molar-refractivity contribution >= 4 is 41.2 Å². The first kappa shape index (κ1) is 17.1. The second kappa shape index (κ2) is 5.40. The first-order chi connectivity index (χ1) is 9.50. The predicted octanol–water partition coefficient (Wildman–Crippen LogP) is 1.95. The van der Waals surface area contributed by atoms with E-state index in [1.165, 1.54) is 4.68 Å². The Hall–Kier alpha value is -0.310. The summed E-state index contributed by atoms with van der Waals surface area (Å²) in [5.74, 6) is -0.0828. The molecule has 10 heteroatoms. The van der Waals surface area contributed by atoms with Crippen molar-refractivity contribution in [3.8, 4) is 0 Å². The van der Waals surface area contributed by atoms with Gasteiger partial charge in [0, 0.05) is 10.7 Å². The Morgan fingerprint density at radius 3 is 2.48 bits per heavy atom. The van der Waals surface area contributed by atoms with Gasteiger partial charge in [0.2, 0.25) is 0 Å². The van der Waals surface area contributed by atoms with Gasteiger partial charge in [-0.05, 0) is 19.8 Å². The lowest BCUT2D eigenvalue weighted by molar-refractivity contribution is 0.327. The second-order valence-electron chi connectivity index (χ2n) is 5.51. The van der Waals surface area contributed by atoms with Crippen LogP contribution in [0.4, 0.5) is 0 Å². The SMILES string of the molecule is CCCc1nn(C2(C)CCS(=O)(=O)C2)c(Cl)c1S(=O)(=O)Cl. The first-order valence-electron chi connectivity index (χ1n) is 6.43. The van der Waals surface area contributed by atoms with Crippen LogP contribution in [0.5, 0.6) is 0 Å². The summed E-state index contributed by atoms with van der Waals surface area (Å²) in [7, 11) is -1.77. The summed E-state index contributed by atoms with van der Waals surface area (Å²) in [6.07, 6.45) is 1.41. The van der Waals surface area contributed by atoms with Crippen LogP contribution >= 0.6 is 22.3 Å². The Balaban J connectivity index is 2.62. The highest BCUT2D eigenvalue weighted by Gasteiger charge is 2.43. The number of rotatable bonds is 4. The minimum atomic E-state index is -4.04. The van der Waals surface area contributed by atoms with E-state index in [0.717, 1.165) is 0 Å². The Bertz CT molecular complexity index is 770. The lowest BCUT2D eigenvalue weighted by Gasteiger charge is -2.23. The molecule has 0 N–H and O–H groups in total. The summed E-state index contributed by atoms with van der Waals surface area (Å²) >= 11 is 6.15. The molecule has 1 aliphatic rings. The zero-order valence-corrected chi connectivity index (χ0v) is 14.8. The van der Waals surface area contributed by atoms with E-state index in [9.17, 15) is 16.8 Å². The highest BCUT2D eigenvalue weighted by molar-refractivity contribution is 8.13. The molecule has 6 nitrogen and oxygen atoms in total. The Morgan fingerprint density at radius 2 is 2.05 bits per heavy atom. The maximum Gasteiger partial charge on any atom is 0.266 e. The molecule has 1 saturated heterocycles. The second-order valence-corrected chi connectivity index (χ2v) is 10.6. The number of hydrogen-bond acceptors (Lipinski definition) is 5. The van der Waals surface area contributed by atoms with Crippen LogP contribution < -0.4 is 0 Å². The molecule has 120 valence electrons. The van der Waals surface area contributed by atoms with Gasteiger partial charge in [0.05, 0.1) is 22.7 Å². The van der Waals surface area contributed by atoms with Gasteiger partial charge in [-0.25, -0.2) is 21.5 Å². The van der Waals surface area contributed by atoms with Crippen LogP contribution in [0.15, 0.2) is 4.90 Å². The average Bonchev–Trinajstić information content (AvgIpc) is 2.77. The minimum Gasteiger partial charge on any atom is -0.245 e. The monoisotopic (exact) mass is 374 g/mol. The van der Waals surface area contributed by atoms with Crippen LogP contribution in [0.1, 0.15) is 32.4 Å². The first-order valence-corrected chi connectivity index (χ1v) is 10.9. The number of halogens is 2. The maximum atomic E-state index is 11.7. The molecule has 0 aliphatic carbocycles. The van der Waals surface area contributed by atoms with E-state index in [1.807, 2.05) is 6.92 Å². The highest BCUT2D eigenvalue weighted by Crippen LogP contribution is 2.37. The van der Waals surface area contributed by atoms with E-state index in [-0.39, 0.29) is 27.2 Å². The maximum absolute atomic E-state index is 11.7. The zero-order chi connectivity index (χ0) is 16.1. The molecular formula is C11H16Cl2N2O4S2. The molecule has 0 saturated carbocycles. The third kappa shape index (κ3) is 3.23. The number of aromatic nitrogens is 2. The fourth-order valence-corrected chi connectivity index (χ4v) is 6.67. The molecule has 1 unspecified atom stereocenters. The van der Waals surface area contributed by atoms with Crippen molar-refractivity contribution in [3.05, 3.63) is 10.8 Å². The van der Waals surface area contributed by atoms with Crippen molar-refractivity contribution in [2.75, 3.05) is 11.5 Å². The standard InChI is InChI=1S/C11H16Cl2N2O4S2/c1-3-4-8-9(21(13,18)19)10(12)15(14-8)11(2)5-6-20(16,17)7-11/h3-7H2,1-2H3. The minimum absolute atomic E-state index is 0.0335. The van der Waals surface area contributed by atoms with Crippen molar-refractivity contribution in [1.29, 1.82) is 0 Å². The molecule has 1 aromatic rings. The Kier molecular flexibility index (Phi) is 4.38. The van der Waals surface area contributed by atoms with E-state index in [1.54, 1.807) is 6.92 Å². The quantitative estimate of drug-likeness (QED) is 0.751. The highest BCUT2D eigenvalue weighted by atomic mass is 35.7. The van der Waals surface area contributed by atoms with Gasteiger partial charge in [-0.1, -0.05) is 24.9 Å². The topological polar surface area (TPSA) is 86.1 Å².